The first-order valence-electron chi connectivity index (χ1n) is 7.76. The lowest BCUT2D eigenvalue weighted by Gasteiger charge is -2.21. The van der Waals surface area contributed by atoms with Gasteiger partial charge in [0.1, 0.15) is 0 Å². The molecule has 0 bridgehead atoms. The first kappa shape index (κ1) is 18.2. The van der Waals surface area contributed by atoms with E-state index in [0.717, 1.165) is 5.69 Å². The van der Waals surface area contributed by atoms with Crippen molar-refractivity contribution in [3.8, 4) is 5.13 Å². The molecule has 1 amide bonds. The number of aromatic nitrogens is 3. The SMILES string of the molecule is Cc1cc(C(=O)N[C@H](c2ccn(C)c2)C(F)(F)F)c(C)n1-c1nccs1. The summed E-state index contributed by atoms with van der Waals surface area (Å²) < 4.78 is 43.6. The Morgan fingerprint density at radius 2 is 2.08 bits per heavy atom. The van der Waals surface area contributed by atoms with Crippen molar-refractivity contribution in [3.63, 3.8) is 0 Å². The average molecular weight is 382 g/mol. The number of aryl methyl sites for hydroxylation is 2. The molecule has 3 heterocycles. The minimum absolute atomic E-state index is 0.0120. The van der Waals surface area contributed by atoms with E-state index < -0.39 is 18.1 Å². The van der Waals surface area contributed by atoms with Gasteiger partial charge in [-0.3, -0.25) is 9.36 Å². The molecule has 0 spiro atoms. The molecule has 0 radical (unpaired) electrons. The van der Waals surface area contributed by atoms with Gasteiger partial charge in [-0.05, 0) is 26.0 Å². The molecule has 0 aliphatic carbocycles. The Hall–Kier alpha value is -2.55. The highest BCUT2D eigenvalue weighted by Gasteiger charge is 2.42. The lowest BCUT2D eigenvalue weighted by molar-refractivity contribution is -0.155. The van der Waals surface area contributed by atoms with Crippen LogP contribution >= 0.6 is 11.3 Å². The number of rotatable bonds is 4. The number of amides is 1. The number of nitrogens with one attached hydrogen (secondary N) is 1. The van der Waals surface area contributed by atoms with E-state index >= 15 is 0 Å². The maximum atomic E-state index is 13.5. The molecule has 1 N–H and O–H groups in total. The number of hydrogen-bond acceptors (Lipinski definition) is 3. The highest BCUT2D eigenvalue weighted by molar-refractivity contribution is 7.12. The van der Waals surface area contributed by atoms with Crippen molar-refractivity contribution in [3.05, 3.63) is 58.6 Å². The first-order valence-corrected chi connectivity index (χ1v) is 8.64. The smallest absolute Gasteiger partial charge is 0.357 e. The summed E-state index contributed by atoms with van der Waals surface area (Å²) in [6.45, 7) is 3.47. The minimum atomic E-state index is -4.60. The fourth-order valence-electron chi connectivity index (χ4n) is 2.87. The third-order valence-electron chi connectivity index (χ3n) is 4.08. The molecule has 0 aliphatic rings. The number of alkyl halides is 3. The van der Waals surface area contributed by atoms with Gasteiger partial charge in [0.15, 0.2) is 11.2 Å². The summed E-state index contributed by atoms with van der Waals surface area (Å²) in [6, 6.07) is 0.848. The quantitative estimate of drug-likeness (QED) is 0.744. The summed E-state index contributed by atoms with van der Waals surface area (Å²) in [5, 5.41) is 4.58. The number of carbonyl (C=O) groups excluding carboxylic acids is 1. The summed E-state index contributed by atoms with van der Waals surface area (Å²) in [7, 11) is 1.63. The predicted molar refractivity (Wildman–Crippen MR) is 92.6 cm³/mol. The molecule has 5 nitrogen and oxygen atoms in total. The van der Waals surface area contributed by atoms with E-state index in [1.807, 2.05) is 0 Å². The molecule has 3 aromatic rings. The van der Waals surface area contributed by atoms with Crippen LogP contribution in [0.15, 0.2) is 36.1 Å². The second-order valence-corrected chi connectivity index (χ2v) is 6.87. The fraction of sp³-hybridized carbons (Fsp3) is 0.294. The van der Waals surface area contributed by atoms with Crippen LogP contribution in [0.4, 0.5) is 13.2 Å². The van der Waals surface area contributed by atoms with Crippen molar-refractivity contribution in [2.45, 2.75) is 26.1 Å². The van der Waals surface area contributed by atoms with E-state index in [-0.39, 0.29) is 11.1 Å². The first-order chi connectivity index (χ1) is 12.2. The van der Waals surface area contributed by atoms with E-state index in [0.29, 0.717) is 10.8 Å². The Morgan fingerprint density at radius 1 is 1.35 bits per heavy atom. The van der Waals surface area contributed by atoms with Crippen molar-refractivity contribution in [1.29, 1.82) is 0 Å². The van der Waals surface area contributed by atoms with Gasteiger partial charge in [-0.15, -0.1) is 11.3 Å². The van der Waals surface area contributed by atoms with Crippen molar-refractivity contribution >= 4 is 17.2 Å². The van der Waals surface area contributed by atoms with Crippen LogP contribution in [-0.4, -0.2) is 26.2 Å². The van der Waals surface area contributed by atoms with E-state index in [1.165, 1.54) is 34.4 Å². The number of halogens is 3. The number of nitrogens with zero attached hydrogens (tertiary/aromatic N) is 3. The lowest BCUT2D eigenvalue weighted by atomic mass is 10.1. The summed E-state index contributed by atoms with van der Waals surface area (Å²) in [5.74, 6) is -0.771. The van der Waals surface area contributed by atoms with Gasteiger partial charge in [-0.1, -0.05) is 0 Å². The molecule has 9 heteroatoms. The Kier molecular flexibility index (Phi) is 4.66. The third-order valence-corrected chi connectivity index (χ3v) is 4.83. The van der Waals surface area contributed by atoms with Crippen LogP contribution < -0.4 is 5.32 Å². The molecule has 26 heavy (non-hydrogen) atoms. The molecule has 3 aromatic heterocycles. The minimum Gasteiger partial charge on any atom is -0.357 e. The van der Waals surface area contributed by atoms with Gasteiger partial charge in [0.05, 0.1) is 5.56 Å². The van der Waals surface area contributed by atoms with Crippen molar-refractivity contribution in [2.24, 2.45) is 7.05 Å². The van der Waals surface area contributed by atoms with E-state index in [2.05, 4.69) is 10.3 Å². The number of hydrogen-bond donors (Lipinski definition) is 1. The summed E-state index contributed by atoms with van der Waals surface area (Å²) in [4.78, 5) is 16.8. The Labute approximate surface area is 152 Å². The van der Waals surface area contributed by atoms with Gasteiger partial charge < -0.3 is 9.88 Å². The topological polar surface area (TPSA) is 51.9 Å². The zero-order valence-corrected chi connectivity index (χ0v) is 15.1. The molecule has 0 unspecified atom stereocenters. The maximum absolute atomic E-state index is 13.5. The van der Waals surface area contributed by atoms with Gasteiger partial charge in [-0.2, -0.15) is 13.2 Å². The summed E-state index contributed by atoms with van der Waals surface area (Å²) in [6.07, 6.45) is -0.114. The lowest BCUT2D eigenvalue weighted by Crippen LogP contribution is -2.38. The van der Waals surface area contributed by atoms with Gasteiger partial charge >= 0.3 is 6.18 Å². The van der Waals surface area contributed by atoms with Crippen LogP contribution in [0.2, 0.25) is 0 Å². The van der Waals surface area contributed by atoms with Gasteiger partial charge in [0.25, 0.3) is 5.91 Å². The molecular formula is C17H17F3N4OS. The molecule has 138 valence electrons. The summed E-state index contributed by atoms with van der Waals surface area (Å²) >= 11 is 1.38. The van der Waals surface area contributed by atoms with E-state index in [4.69, 9.17) is 0 Å². The largest absolute Gasteiger partial charge is 0.412 e. The molecular weight excluding hydrogens is 365 g/mol. The monoisotopic (exact) mass is 382 g/mol. The normalized spacial score (nSPS) is 13.0. The second-order valence-electron chi connectivity index (χ2n) is 5.99. The second kappa shape index (κ2) is 6.64. The Morgan fingerprint density at radius 3 is 2.62 bits per heavy atom. The van der Waals surface area contributed by atoms with Crippen LogP contribution in [-0.2, 0) is 7.05 Å². The van der Waals surface area contributed by atoms with Gasteiger partial charge in [0.2, 0.25) is 0 Å². The molecule has 3 rings (SSSR count). The number of thiazole rings is 1. The van der Waals surface area contributed by atoms with E-state index in [1.54, 1.807) is 43.1 Å². The van der Waals surface area contributed by atoms with Crippen molar-refractivity contribution in [1.82, 2.24) is 19.4 Å². The van der Waals surface area contributed by atoms with Crippen LogP contribution in [0.3, 0.4) is 0 Å². The average Bonchev–Trinajstić information content (AvgIpc) is 3.25. The van der Waals surface area contributed by atoms with Crippen LogP contribution in [0.25, 0.3) is 5.13 Å². The maximum Gasteiger partial charge on any atom is 0.412 e. The Bertz CT molecular complexity index is 925. The zero-order valence-electron chi connectivity index (χ0n) is 14.3. The Balaban J connectivity index is 1.93. The molecule has 0 fully saturated rings. The van der Waals surface area contributed by atoms with Gasteiger partial charge in [0, 0.05) is 48.0 Å². The predicted octanol–water partition coefficient (Wildman–Crippen LogP) is 3.92. The molecule has 1 atom stereocenters. The fourth-order valence-corrected chi connectivity index (χ4v) is 3.62. The highest BCUT2D eigenvalue weighted by Crippen LogP contribution is 2.33. The molecule has 0 aromatic carbocycles. The van der Waals surface area contributed by atoms with Gasteiger partial charge in [-0.25, -0.2) is 4.98 Å². The molecule has 0 saturated carbocycles. The summed E-state index contributed by atoms with van der Waals surface area (Å²) in [5.41, 5.74) is 1.46. The standard InChI is InChI=1S/C17H17F3N4OS/c1-10-8-13(11(2)24(10)16-21-5-7-26-16)15(25)22-14(17(18,19)20)12-4-6-23(3)9-12/h4-9,14H,1-3H3,(H,22,25)/t14-/m1/s1. The van der Waals surface area contributed by atoms with Crippen molar-refractivity contribution < 1.29 is 18.0 Å². The van der Waals surface area contributed by atoms with E-state index in [9.17, 15) is 18.0 Å². The van der Waals surface area contributed by atoms with Crippen molar-refractivity contribution in [2.75, 3.05) is 0 Å². The third kappa shape index (κ3) is 3.39. The molecule has 0 aliphatic heterocycles. The number of carbonyl (C=O) groups is 1. The highest BCUT2D eigenvalue weighted by atomic mass is 32.1. The van der Waals surface area contributed by atoms with Crippen LogP contribution in [0.5, 0.6) is 0 Å². The zero-order chi connectivity index (χ0) is 19.1. The molecule has 0 saturated heterocycles. The van der Waals surface area contributed by atoms with Crippen LogP contribution in [0.1, 0.15) is 33.4 Å². The van der Waals surface area contributed by atoms with Crippen LogP contribution in [0, 0.1) is 13.8 Å².